The first kappa shape index (κ1) is 13.1. The summed E-state index contributed by atoms with van der Waals surface area (Å²) in [5.74, 6) is 2.20. The molecule has 0 aliphatic carbocycles. The van der Waals surface area contributed by atoms with E-state index >= 15 is 0 Å². The molecule has 0 amide bonds. The van der Waals surface area contributed by atoms with E-state index in [9.17, 15) is 0 Å². The van der Waals surface area contributed by atoms with Crippen molar-refractivity contribution >= 4 is 11.5 Å². The van der Waals surface area contributed by atoms with Gasteiger partial charge in [0, 0.05) is 18.2 Å². The van der Waals surface area contributed by atoms with Gasteiger partial charge in [0.05, 0.1) is 26.6 Å². The second-order valence-corrected chi connectivity index (χ2v) is 4.27. The number of anilines is 1. The Balaban J connectivity index is 1.83. The van der Waals surface area contributed by atoms with E-state index in [0.717, 1.165) is 17.1 Å². The quantitative estimate of drug-likeness (QED) is 0.752. The third-order valence-electron chi connectivity index (χ3n) is 3.06. The van der Waals surface area contributed by atoms with E-state index in [1.165, 1.54) is 0 Å². The van der Waals surface area contributed by atoms with Crippen LogP contribution in [-0.4, -0.2) is 39.2 Å². The molecule has 3 rings (SSSR count). The summed E-state index contributed by atoms with van der Waals surface area (Å²) < 4.78 is 12.1. The molecule has 108 valence electrons. The van der Waals surface area contributed by atoms with Crippen molar-refractivity contribution < 1.29 is 9.47 Å². The highest BCUT2D eigenvalue weighted by atomic mass is 16.5. The number of nitrogens with one attached hydrogen (secondary N) is 1. The van der Waals surface area contributed by atoms with E-state index < -0.39 is 0 Å². The van der Waals surface area contributed by atoms with Gasteiger partial charge in [-0.05, 0) is 22.6 Å². The summed E-state index contributed by atoms with van der Waals surface area (Å²) in [4.78, 5) is 4.09. The van der Waals surface area contributed by atoms with Crippen molar-refractivity contribution in [3.63, 3.8) is 0 Å². The number of methoxy groups -OCH3 is 2. The van der Waals surface area contributed by atoms with E-state index in [0.29, 0.717) is 18.0 Å². The van der Waals surface area contributed by atoms with Gasteiger partial charge in [0.15, 0.2) is 11.5 Å². The van der Waals surface area contributed by atoms with Crippen molar-refractivity contribution in [3.05, 3.63) is 36.2 Å². The summed E-state index contributed by atoms with van der Waals surface area (Å²) in [5, 5.41) is 14.6. The molecular weight excluding hydrogens is 272 g/mol. The van der Waals surface area contributed by atoms with Gasteiger partial charge in [-0.15, -0.1) is 5.10 Å². The van der Waals surface area contributed by atoms with Crippen LogP contribution in [-0.2, 0) is 6.54 Å². The zero-order valence-corrected chi connectivity index (χ0v) is 11.6. The monoisotopic (exact) mass is 286 g/mol. The standard InChI is InChI=1S/C13H14N6O2/c1-20-10-4-3-9(11(5-10)21-2)6-15-12-7-14-8-13-16-17-18-19(12)13/h3-5,7-8,15H,6H2,1-2H3. The first-order valence-electron chi connectivity index (χ1n) is 6.28. The lowest BCUT2D eigenvalue weighted by molar-refractivity contribution is 0.391. The van der Waals surface area contributed by atoms with E-state index in [1.807, 2.05) is 18.2 Å². The van der Waals surface area contributed by atoms with Gasteiger partial charge >= 0.3 is 0 Å². The fraction of sp³-hybridized carbons (Fsp3) is 0.231. The first-order chi connectivity index (χ1) is 10.3. The van der Waals surface area contributed by atoms with Gasteiger partial charge < -0.3 is 14.8 Å². The third-order valence-corrected chi connectivity index (χ3v) is 3.06. The topological polar surface area (TPSA) is 86.5 Å². The van der Waals surface area contributed by atoms with E-state index in [-0.39, 0.29) is 0 Å². The van der Waals surface area contributed by atoms with Gasteiger partial charge in [0.1, 0.15) is 11.5 Å². The van der Waals surface area contributed by atoms with Crippen LogP contribution in [0.4, 0.5) is 5.82 Å². The molecule has 8 heteroatoms. The molecule has 0 aliphatic rings. The maximum atomic E-state index is 5.37. The fourth-order valence-corrected chi connectivity index (χ4v) is 1.98. The highest BCUT2D eigenvalue weighted by Crippen LogP contribution is 2.25. The summed E-state index contributed by atoms with van der Waals surface area (Å²) >= 11 is 0. The highest BCUT2D eigenvalue weighted by Gasteiger charge is 2.07. The molecule has 0 radical (unpaired) electrons. The number of fused-ring (bicyclic) bond motifs is 1. The van der Waals surface area contributed by atoms with Gasteiger partial charge in [-0.2, -0.15) is 4.52 Å². The minimum Gasteiger partial charge on any atom is -0.497 e. The normalized spacial score (nSPS) is 10.6. The zero-order valence-electron chi connectivity index (χ0n) is 11.6. The predicted octanol–water partition coefficient (Wildman–Crippen LogP) is 1.15. The van der Waals surface area contributed by atoms with E-state index in [1.54, 1.807) is 31.1 Å². The lowest BCUT2D eigenvalue weighted by Crippen LogP contribution is -2.07. The summed E-state index contributed by atoms with van der Waals surface area (Å²) in [6.45, 7) is 0.549. The molecule has 0 spiro atoms. The molecule has 0 atom stereocenters. The van der Waals surface area contributed by atoms with Crippen molar-refractivity contribution in [1.82, 2.24) is 25.0 Å². The number of rotatable bonds is 5. The Morgan fingerprint density at radius 2 is 2.10 bits per heavy atom. The summed E-state index contributed by atoms with van der Waals surface area (Å²) in [6.07, 6.45) is 3.26. The smallest absolute Gasteiger partial charge is 0.199 e. The van der Waals surface area contributed by atoms with E-state index in [2.05, 4.69) is 25.8 Å². The molecule has 2 heterocycles. The molecule has 0 saturated heterocycles. The Hall–Kier alpha value is -2.90. The molecule has 0 bridgehead atoms. The molecule has 1 aromatic carbocycles. The Bertz CT molecular complexity index is 757. The molecule has 0 unspecified atom stereocenters. The number of nitrogens with zero attached hydrogens (tertiary/aromatic N) is 5. The van der Waals surface area contributed by atoms with Crippen molar-refractivity contribution in [1.29, 1.82) is 0 Å². The van der Waals surface area contributed by atoms with Gasteiger partial charge in [0.2, 0.25) is 0 Å². The fourth-order valence-electron chi connectivity index (χ4n) is 1.98. The molecular formula is C13H14N6O2. The van der Waals surface area contributed by atoms with Gasteiger partial charge in [-0.1, -0.05) is 0 Å². The van der Waals surface area contributed by atoms with E-state index in [4.69, 9.17) is 9.47 Å². The van der Waals surface area contributed by atoms with Crippen LogP contribution in [0.5, 0.6) is 11.5 Å². The molecule has 3 aromatic rings. The van der Waals surface area contributed by atoms with Crippen LogP contribution >= 0.6 is 0 Å². The average Bonchev–Trinajstić information content (AvgIpc) is 3.01. The maximum Gasteiger partial charge on any atom is 0.199 e. The van der Waals surface area contributed by atoms with Crippen molar-refractivity contribution in [2.75, 3.05) is 19.5 Å². The minimum atomic E-state index is 0.549. The molecule has 0 aliphatic heterocycles. The number of tetrazole rings is 1. The van der Waals surface area contributed by atoms with Crippen LogP contribution in [0.25, 0.3) is 5.65 Å². The number of aromatic nitrogens is 5. The predicted molar refractivity (Wildman–Crippen MR) is 75.4 cm³/mol. The maximum absolute atomic E-state index is 5.37. The number of ether oxygens (including phenoxy) is 2. The van der Waals surface area contributed by atoms with Crippen LogP contribution < -0.4 is 14.8 Å². The Morgan fingerprint density at radius 1 is 1.19 bits per heavy atom. The lowest BCUT2D eigenvalue weighted by Gasteiger charge is -2.12. The Morgan fingerprint density at radius 3 is 2.90 bits per heavy atom. The zero-order chi connectivity index (χ0) is 14.7. The second kappa shape index (κ2) is 5.61. The molecule has 2 aromatic heterocycles. The van der Waals surface area contributed by atoms with Gasteiger partial charge in [-0.25, -0.2) is 0 Å². The SMILES string of the molecule is COc1ccc(CNc2cncc3nnnn23)c(OC)c1. The summed E-state index contributed by atoms with van der Waals surface area (Å²) in [7, 11) is 3.25. The van der Waals surface area contributed by atoms with Gasteiger partial charge in [0.25, 0.3) is 0 Å². The van der Waals surface area contributed by atoms with Crippen molar-refractivity contribution in [2.45, 2.75) is 6.54 Å². The molecule has 1 N–H and O–H groups in total. The van der Waals surface area contributed by atoms with Crippen LogP contribution in [0, 0.1) is 0 Å². The Labute approximate surface area is 120 Å². The summed E-state index contributed by atoms with van der Waals surface area (Å²) in [5.41, 5.74) is 1.57. The highest BCUT2D eigenvalue weighted by molar-refractivity contribution is 5.46. The molecule has 21 heavy (non-hydrogen) atoms. The second-order valence-electron chi connectivity index (χ2n) is 4.27. The summed E-state index contributed by atoms with van der Waals surface area (Å²) in [6, 6.07) is 5.67. The lowest BCUT2D eigenvalue weighted by atomic mass is 10.2. The van der Waals surface area contributed by atoms with Gasteiger partial charge in [-0.3, -0.25) is 4.98 Å². The number of benzene rings is 1. The molecule has 0 fully saturated rings. The minimum absolute atomic E-state index is 0.549. The third kappa shape index (κ3) is 2.55. The van der Waals surface area contributed by atoms with Crippen LogP contribution in [0.1, 0.15) is 5.56 Å². The molecule has 8 nitrogen and oxygen atoms in total. The van der Waals surface area contributed by atoms with Crippen molar-refractivity contribution in [2.24, 2.45) is 0 Å². The number of hydrogen-bond acceptors (Lipinski definition) is 7. The van der Waals surface area contributed by atoms with Crippen LogP contribution in [0.2, 0.25) is 0 Å². The van der Waals surface area contributed by atoms with Crippen LogP contribution in [0.3, 0.4) is 0 Å². The average molecular weight is 286 g/mol. The Kier molecular flexibility index (Phi) is 3.50. The number of hydrogen-bond donors (Lipinski definition) is 1. The van der Waals surface area contributed by atoms with Crippen molar-refractivity contribution in [3.8, 4) is 11.5 Å². The van der Waals surface area contributed by atoms with Crippen LogP contribution in [0.15, 0.2) is 30.6 Å². The molecule has 0 saturated carbocycles. The largest absolute Gasteiger partial charge is 0.497 e. The first-order valence-corrected chi connectivity index (χ1v) is 6.28.